The first-order valence-corrected chi connectivity index (χ1v) is 11.6. The molecule has 8 heteroatoms. The van der Waals surface area contributed by atoms with Crippen LogP contribution in [0.1, 0.15) is 19.4 Å². The largest absolute Gasteiger partial charge is 0.494 e. The molecule has 1 aromatic heterocycles. The van der Waals surface area contributed by atoms with Gasteiger partial charge in [-0.15, -0.1) is 0 Å². The lowest BCUT2D eigenvalue weighted by atomic mass is 10.2. The molecule has 1 aliphatic heterocycles. The summed E-state index contributed by atoms with van der Waals surface area (Å²) in [6, 6.07) is 19.5. The van der Waals surface area contributed by atoms with Gasteiger partial charge in [0.15, 0.2) is 6.10 Å². The standard InChI is InChI=1S/C26H31N5O3/c1-3-33-22-9-11-23(12-10-22)34-20(2)26(32)29-24-17-25(28-19-27-24)31-15-13-30(14-16-31)18-21-7-5-4-6-8-21/h4-12,17,19-20H,3,13-16,18H2,1-2H3,(H,27,28,29,32). The molecule has 1 atom stereocenters. The highest BCUT2D eigenvalue weighted by Crippen LogP contribution is 2.20. The SMILES string of the molecule is CCOc1ccc(OC(C)C(=O)Nc2cc(N3CCN(Cc4ccccc4)CC3)ncn2)cc1. The van der Waals surface area contributed by atoms with Gasteiger partial charge >= 0.3 is 0 Å². The summed E-state index contributed by atoms with van der Waals surface area (Å²) < 4.78 is 11.2. The van der Waals surface area contributed by atoms with Crippen LogP contribution in [0.5, 0.6) is 11.5 Å². The van der Waals surface area contributed by atoms with Crippen LogP contribution in [-0.4, -0.2) is 59.7 Å². The van der Waals surface area contributed by atoms with E-state index in [1.54, 1.807) is 19.1 Å². The zero-order valence-corrected chi connectivity index (χ0v) is 19.7. The van der Waals surface area contributed by atoms with E-state index in [9.17, 15) is 4.79 Å². The zero-order chi connectivity index (χ0) is 23.8. The second-order valence-electron chi connectivity index (χ2n) is 8.16. The summed E-state index contributed by atoms with van der Waals surface area (Å²) in [5.41, 5.74) is 1.32. The third-order valence-electron chi connectivity index (χ3n) is 5.67. The number of amides is 1. The Morgan fingerprint density at radius 3 is 2.41 bits per heavy atom. The van der Waals surface area contributed by atoms with Gasteiger partial charge in [-0.05, 0) is 43.7 Å². The van der Waals surface area contributed by atoms with E-state index in [2.05, 4.69) is 49.4 Å². The number of piperazine rings is 1. The lowest BCUT2D eigenvalue weighted by Crippen LogP contribution is -2.46. The van der Waals surface area contributed by atoms with Crippen molar-refractivity contribution in [3.63, 3.8) is 0 Å². The van der Waals surface area contributed by atoms with Crippen LogP contribution in [0.3, 0.4) is 0 Å². The Morgan fingerprint density at radius 2 is 1.71 bits per heavy atom. The Morgan fingerprint density at radius 1 is 1.00 bits per heavy atom. The number of carbonyl (C=O) groups excluding carboxylic acids is 1. The van der Waals surface area contributed by atoms with Crippen LogP contribution in [0.4, 0.5) is 11.6 Å². The van der Waals surface area contributed by atoms with E-state index in [1.807, 2.05) is 31.2 Å². The first kappa shape index (κ1) is 23.5. The Kier molecular flexibility index (Phi) is 7.93. The average Bonchev–Trinajstić information content (AvgIpc) is 2.86. The van der Waals surface area contributed by atoms with E-state index >= 15 is 0 Å². The fraction of sp³-hybridized carbons (Fsp3) is 0.346. The summed E-state index contributed by atoms with van der Waals surface area (Å²) in [7, 11) is 0. The molecule has 0 saturated carbocycles. The van der Waals surface area contributed by atoms with Gasteiger partial charge in [-0.25, -0.2) is 9.97 Å². The van der Waals surface area contributed by atoms with Gasteiger partial charge in [0.05, 0.1) is 6.61 Å². The van der Waals surface area contributed by atoms with Gasteiger partial charge in [-0.1, -0.05) is 30.3 Å². The minimum atomic E-state index is -0.683. The van der Waals surface area contributed by atoms with Gasteiger partial charge in [-0.3, -0.25) is 9.69 Å². The molecule has 0 aliphatic carbocycles. The molecule has 178 valence electrons. The predicted molar refractivity (Wildman–Crippen MR) is 132 cm³/mol. The molecule has 0 radical (unpaired) electrons. The molecule has 3 aromatic rings. The zero-order valence-electron chi connectivity index (χ0n) is 19.7. The molecule has 1 amide bonds. The van der Waals surface area contributed by atoms with Crippen molar-refractivity contribution >= 4 is 17.5 Å². The number of nitrogens with one attached hydrogen (secondary N) is 1. The molecule has 34 heavy (non-hydrogen) atoms. The van der Waals surface area contributed by atoms with Crippen LogP contribution < -0.4 is 19.7 Å². The fourth-order valence-electron chi connectivity index (χ4n) is 3.83. The van der Waals surface area contributed by atoms with Crippen LogP contribution in [0, 0.1) is 0 Å². The van der Waals surface area contributed by atoms with Crippen molar-refractivity contribution in [2.45, 2.75) is 26.5 Å². The van der Waals surface area contributed by atoms with E-state index in [4.69, 9.17) is 9.47 Å². The second kappa shape index (κ2) is 11.5. The highest BCUT2D eigenvalue weighted by molar-refractivity contribution is 5.93. The number of aromatic nitrogens is 2. The van der Waals surface area contributed by atoms with Gasteiger partial charge < -0.3 is 19.7 Å². The molecule has 0 bridgehead atoms. The van der Waals surface area contributed by atoms with E-state index in [0.717, 1.165) is 44.3 Å². The molecule has 4 rings (SSSR count). The van der Waals surface area contributed by atoms with Crippen LogP contribution >= 0.6 is 0 Å². The molecule has 0 spiro atoms. The maximum Gasteiger partial charge on any atom is 0.266 e. The van der Waals surface area contributed by atoms with Gasteiger partial charge in [0, 0.05) is 38.8 Å². The van der Waals surface area contributed by atoms with Crippen molar-refractivity contribution in [1.29, 1.82) is 0 Å². The number of carbonyl (C=O) groups is 1. The summed E-state index contributed by atoms with van der Waals surface area (Å²) in [6.07, 6.45) is 0.803. The van der Waals surface area contributed by atoms with Crippen LogP contribution in [0.2, 0.25) is 0 Å². The summed E-state index contributed by atoms with van der Waals surface area (Å²) in [5, 5.41) is 2.84. The number of hydrogen-bond donors (Lipinski definition) is 1. The highest BCUT2D eigenvalue weighted by atomic mass is 16.5. The average molecular weight is 462 g/mol. The number of nitrogens with zero attached hydrogens (tertiary/aromatic N) is 4. The van der Waals surface area contributed by atoms with E-state index < -0.39 is 6.10 Å². The maximum atomic E-state index is 12.6. The topological polar surface area (TPSA) is 79.8 Å². The Labute approximate surface area is 200 Å². The molecule has 2 aromatic carbocycles. The first-order chi connectivity index (χ1) is 16.6. The van der Waals surface area contributed by atoms with E-state index in [0.29, 0.717) is 18.2 Å². The Hall–Kier alpha value is -3.65. The van der Waals surface area contributed by atoms with Crippen LogP contribution in [0.25, 0.3) is 0 Å². The number of benzene rings is 2. The van der Waals surface area contributed by atoms with Crippen molar-refractivity contribution in [1.82, 2.24) is 14.9 Å². The minimum Gasteiger partial charge on any atom is -0.494 e. The molecule has 8 nitrogen and oxygen atoms in total. The van der Waals surface area contributed by atoms with Crippen molar-refractivity contribution in [3.05, 3.63) is 72.6 Å². The molecular formula is C26H31N5O3. The molecule has 1 aliphatic rings. The van der Waals surface area contributed by atoms with Crippen molar-refractivity contribution < 1.29 is 14.3 Å². The second-order valence-corrected chi connectivity index (χ2v) is 8.16. The van der Waals surface area contributed by atoms with Crippen molar-refractivity contribution in [2.75, 3.05) is 43.0 Å². The van der Waals surface area contributed by atoms with Gasteiger partial charge in [0.2, 0.25) is 0 Å². The normalized spacial score (nSPS) is 14.9. The summed E-state index contributed by atoms with van der Waals surface area (Å²) in [6.45, 7) is 8.83. The lowest BCUT2D eigenvalue weighted by Gasteiger charge is -2.35. The predicted octanol–water partition coefficient (Wildman–Crippen LogP) is 3.60. The molecule has 2 heterocycles. The summed E-state index contributed by atoms with van der Waals surface area (Å²) in [4.78, 5) is 25.9. The molecule has 1 N–H and O–H groups in total. The molecular weight excluding hydrogens is 430 g/mol. The third-order valence-corrected chi connectivity index (χ3v) is 5.67. The van der Waals surface area contributed by atoms with Gasteiger partial charge in [-0.2, -0.15) is 0 Å². The Bertz CT molecular complexity index is 1050. The quantitative estimate of drug-likeness (QED) is 0.522. The smallest absolute Gasteiger partial charge is 0.266 e. The number of anilines is 2. The highest BCUT2D eigenvalue weighted by Gasteiger charge is 2.20. The van der Waals surface area contributed by atoms with Gasteiger partial charge in [0.1, 0.15) is 29.5 Å². The van der Waals surface area contributed by atoms with Crippen LogP contribution in [-0.2, 0) is 11.3 Å². The fourth-order valence-corrected chi connectivity index (χ4v) is 3.83. The minimum absolute atomic E-state index is 0.272. The van der Waals surface area contributed by atoms with Crippen LogP contribution in [0.15, 0.2) is 67.0 Å². The number of ether oxygens (including phenoxy) is 2. The van der Waals surface area contributed by atoms with Gasteiger partial charge in [0.25, 0.3) is 5.91 Å². The lowest BCUT2D eigenvalue weighted by molar-refractivity contribution is -0.122. The summed E-state index contributed by atoms with van der Waals surface area (Å²) >= 11 is 0. The van der Waals surface area contributed by atoms with Crippen molar-refractivity contribution in [3.8, 4) is 11.5 Å². The van der Waals surface area contributed by atoms with E-state index in [-0.39, 0.29) is 5.91 Å². The van der Waals surface area contributed by atoms with Crippen molar-refractivity contribution in [2.24, 2.45) is 0 Å². The Balaban J connectivity index is 1.28. The molecule has 1 unspecified atom stereocenters. The third kappa shape index (κ3) is 6.45. The van der Waals surface area contributed by atoms with E-state index in [1.165, 1.54) is 11.9 Å². The summed E-state index contributed by atoms with van der Waals surface area (Å²) in [5.74, 6) is 2.36. The maximum absolute atomic E-state index is 12.6. The number of hydrogen-bond acceptors (Lipinski definition) is 7. The molecule has 1 fully saturated rings. The number of rotatable bonds is 9. The first-order valence-electron chi connectivity index (χ1n) is 11.6. The monoisotopic (exact) mass is 461 g/mol. The molecule has 1 saturated heterocycles.